The number of benzene rings is 1. The summed E-state index contributed by atoms with van der Waals surface area (Å²) < 4.78 is 0. The third kappa shape index (κ3) is 1.32. The van der Waals surface area contributed by atoms with Gasteiger partial charge in [0.25, 0.3) is 0 Å². The van der Waals surface area contributed by atoms with Crippen molar-refractivity contribution >= 4 is 5.57 Å². The molecule has 1 aliphatic heterocycles. The van der Waals surface area contributed by atoms with Crippen molar-refractivity contribution in [1.29, 1.82) is 0 Å². The zero-order valence-electron chi connectivity index (χ0n) is 9.08. The number of aromatic hydroxyl groups is 2. The van der Waals surface area contributed by atoms with Crippen molar-refractivity contribution in [3.8, 4) is 11.5 Å². The topological polar surface area (TPSA) is 52.5 Å². The Hall–Kier alpha value is -1.48. The zero-order chi connectivity index (χ0) is 11.1. The van der Waals surface area contributed by atoms with Crippen molar-refractivity contribution < 1.29 is 10.2 Å². The molecule has 0 spiro atoms. The third-order valence-corrected chi connectivity index (χ3v) is 3.60. The molecule has 1 aromatic carbocycles. The van der Waals surface area contributed by atoms with Crippen LogP contribution in [-0.4, -0.2) is 23.3 Å². The predicted molar refractivity (Wildman–Crippen MR) is 62.5 cm³/mol. The van der Waals surface area contributed by atoms with E-state index in [4.69, 9.17) is 0 Å². The number of phenolic OH excluding ortho intramolecular Hbond substituents is 2. The normalized spacial score (nSPS) is 19.2. The molecular weight excluding hydrogens is 202 g/mol. The van der Waals surface area contributed by atoms with E-state index in [2.05, 4.69) is 5.32 Å². The number of rotatable bonds is 0. The molecule has 1 aliphatic carbocycles. The lowest BCUT2D eigenvalue weighted by Gasteiger charge is -2.28. The molecule has 3 N–H and O–H groups in total. The van der Waals surface area contributed by atoms with Crippen molar-refractivity contribution in [3.05, 3.63) is 28.8 Å². The molecule has 0 saturated carbocycles. The molecule has 16 heavy (non-hydrogen) atoms. The van der Waals surface area contributed by atoms with Gasteiger partial charge in [0.15, 0.2) is 11.5 Å². The SMILES string of the molecule is Oc1ccc2c(c1O)CCC1=C2CNCC1. The number of phenols is 2. The average molecular weight is 217 g/mol. The molecule has 3 rings (SSSR count). The third-order valence-electron chi connectivity index (χ3n) is 3.60. The Labute approximate surface area is 94.4 Å². The van der Waals surface area contributed by atoms with Crippen LogP contribution < -0.4 is 5.32 Å². The van der Waals surface area contributed by atoms with Gasteiger partial charge in [-0.1, -0.05) is 11.6 Å². The number of hydrogen-bond acceptors (Lipinski definition) is 3. The summed E-state index contributed by atoms with van der Waals surface area (Å²) in [4.78, 5) is 0. The molecule has 0 saturated heterocycles. The van der Waals surface area contributed by atoms with Gasteiger partial charge in [-0.05, 0) is 43.0 Å². The van der Waals surface area contributed by atoms with E-state index in [0.717, 1.165) is 43.5 Å². The lowest BCUT2D eigenvalue weighted by Crippen LogP contribution is -2.26. The molecule has 1 aromatic rings. The highest BCUT2D eigenvalue weighted by Crippen LogP contribution is 2.41. The van der Waals surface area contributed by atoms with E-state index in [1.807, 2.05) is 6.07 Å². The standard InChI is InChI=1S/C13H15NO2/c15-12-4-3-9-10(13(12)16)2-1-8-5-6-14-7-11(8)9/h3-4,14-16H,1-2,5-7H2. The summed E-state index contributed by atoms with van der Waals surface area (Å²) in [6.07, 6.45) is 2.96. The summed E-state index contributed by atoms with van der Waals surface area (Å²) in [5.41, 5.74) is 4.85. The van der Waals surface area contributed by atoms with E-state index in [-0.39, 0.29) is 11.5 Å². The predicted octanol–water partition coefficient (Wildman–Crippen LogP) is 1.79. The van der Waals surface area contributed by atoms with E-state index < -0.39 is 0 Å². The highest BCUT2D eigenvalue weighted by Gasteiger charge is 2.24. The largest absolute Gasteiger partial charge is 0.504 e. The van der Waals surface area contributed by atoms with Gasteiger partial charge in [0.05, 0.1) is 0 Å². The summed E-state index contributed by atoms with van der Waals surface area (Å²) in [5.74, 6) is 0.0567. The first-order valence-corrected chi connectivity index (χ1v) is 5.73. The van der Waals surface area contributed by atoms with Crippen molar-refractivity contribution in [1.82, 2.24) is 5.32 Å². The van der Waals surface area contributed by atoms with Crippen LogP contribution in [0.3, 0.4) is 0 Å². The Morgan fingerprint density at radius 2 is 1.94 bits per heavy atom. The summed E-state index contributed by atoms with van der Waals surface area (Å²) in [7, 11) is 0. The number of hydrogen-bond donors (Lipinski definition) is 3. The van der Waals surface area contributed by atoms with Crippen molar-refractivity contribution in [3.63, 3.8) is 0 Å². The van der Waals surface area contributed by atoms with Crippen molar-refractivity contribution in [2.45, 2.75) is 19.3 Å². The molecule has 0 radical (unpaired) electrons. The zero-order valence-corrected chi connectivity index (χ0v) is 9.08. The Morgan fingerprint density at radius 3 is 2.81 bits per heavy atom. The van der Waals surface area contributed by atoms with Gasteiger partial charge in [-0.15, -0.1) is 0 Å². The van der Waals surface area contributed by atoms with Gasteiger partial charge in [0, 0.05) is 12.1 Å². The molecule has 3 heteroatoms. The fourth-order valence-corrected chi connectivity index (χ4v) is 2.73. The van der Waals surface area contributed by atoms with E-state index in [1.165, 1.54) is 11.1 Å². The van der Waals surface area contributed by atoms with Gasteiger partial charge in [0.2, 0.25) is 0 Å². The van der Waals surface area contributed by atoms with Gasteiger partial charge in [0.1, 0.15) is 0 Å². The smallest absolute Gasteiger partial charge is 0.161 e. The van der Waals surface area contributed by atoms with Gasteiger partial charge >= 0.3 is 0 Å². The monoisotopic (exact) mass is 217 g/mol. The molecule has 0 amide bonds. The van der Waals surface area contributed by atoms with Crippen LogP contribution in [0.15, 0.2) is 17.7 Å². The van der Waals surface area contributed by atoms with Gasteiger partial charge in [-0.25, -0.2) is 0 Å². The average Bonchev–Trinajstić information content (AvgIpc) is 2.33. The molecule has 0 unspecified atom stereocenters. The molecule has 3 nitrogen and oxygen atoms in total. The second-order valence-electron chi connectivity index (χ2n) is 4.47. The molecule has 0 bridgehead atoms. The van der Waals surface area contributed by atoms with Gasteiger partial charge in [-0.3, -0.25) is 0 Å². The highest BCUT2D eigenvalue weighted by molar-refractivity contribution is 5.77. The van der Waals surface area contributed by atoms with Crippen LogP contribution in [0, 0.1) is 0 Å². The molecule has 1 heterocycles. The van der Waals surface area contributed by atoms with Crippen LogP contribution in [0.4, 0.5) is 0 Å². The van der Waals surface area contributed by atoms with E-state index >= 15 is 0 Å². The van der Waals surface area contributed by atoms with E-state index in [1.54, 1.807) is 6.07 Å². The van der Waals surface area contributed by atoms with Gasteiger partial charge < -0.3 is 15.5 Å². The lowest BCUT2D eigenvalue weighted by molar-refractivity contribution is 0.398. The first kappa shape index (κ1) is 9.73. The first-order chi connectivity index (χ1) is 7.77. The molecule has 2 aliphatic rings. The maximum Gasteiger partial charge on any atom is 0.161 e. The Balaban J connectivity index is 2.17. The molecule has 0 atom stereocenters. The molecule has 84 valence electrons. The molecule has 0 fully saturated rings. The second kappa shape index (κ2) is 3.52. The van der Waals surface area contributed by atoms with Crippen LogP contribution in [0.5, 0.6) is 11.5 Å². The molecule has 0 aromatic heterocycles. The Bertz CT molecular complexity index is 477. The summed E-state index contributed by atoms with van der Waals surface area (Å²) >= 11 is 0. The minimum atomic E-state index is -0.00781. The fraction of sp³-hybridized carbons (Fsp3) is 0.385. The minimum Gasteiger partial charge on any atom is -0.504 e. The molecular formula is C13H15NO2. The van der Waals surface area contributed by atoms with Crippen LogP contribution in [0.1, 0.15) is 24.0 Å². The Morgan fingerprint density at radius 1 is 1.06 bits per heavy atom. The van der Waals surface area contributed by atoms with Crippen molar-refractivity contribution in [2.75, 3.05) is 13.1 Å². The van der Waals surface area contributed by atoms with Crippen LogP contribution in [-0.2, 0) is 6.42 Å². The van der Waals surface area contributed by atoms with Crippen molar-refractivity contribution in [2.24, 2.45) is 0 Å². The minimum absolute atomic E-state index is 0.00781. The summed E-state index contributed by atoms with van der Waals surface area (Å²) in [6, 6.07) is 3.50. The van der Waals surface area contributed by atoms with Crippen LogP contribution >= 0.6 is 0 Å². The highest BCUT2D eigenvalue weighted by atomic mass is 16.3. The quantitative estimate of drug-likeness (QED) is 0.581. The first-order valence-electron chi connectivity index (χ1n) is 5.73. The van der Waals surface area contributed by atoms with E-state index in [9.17, 15) is 10.2 Å². The van der Waals surface area contributed by atoms with E-state index in [0.29, 0.717) is 0 Å². The number of nitrogens with one attached hydrogen (secondary N) is 1. The summed E-state index contributed by atoms with van der Waals surface area (Å²) in [5, 5.41) is 22.7. The maximum absolute atomic E-state index is 9.84. The second-order valence-corrected chi connectivity index (χ2v) is 4.47. The maximum atomic E-state index is 9.84. The van der Waals surface area contributed by atoms with Crippen LogP contribution in [0.25, 0.3) is 5.57 Å². The van der Waals surface area contributed by atoms with Gasteiger partial charge in [-0.2, -0.15) is 0 Å². The Kier molecular flexibility index (Phi) is 2.14. The number of fused-ring (bicyclic) bond motifs is 2. The fourth-order valence-electron chi connectivity index (χ4n) is 2.73. The lowest BCUT2D eigenvalue weighted by atomic mass is 9.82. The van der Waals surface area contributed by atoms with Crippen LogP contribution in [0.2, 0.25) is 0 Å². The summed E-state index contributed by atoms with van der Waals surface area (Å²) in [6.45, 7) is 1.94.